The number of aryl methyl sites for hydroxylation is 2. The monoisotopic (exact) mass is 279 g/mol. The first-order chi connectivity index (χ1) is 9.38. The van der Waals surface area contributed by atoms with Gasteiger partial charge in [-0.15, -0.1) is 0 Å². The topological polar surface area (TPSA) is 41.5 Å². The lowest BCUT2D eigenvalue weighted by atomic mass is 10.1. The average molecular weight is 279 g/mol. The van der Waals surface area contributed by atoms with E-state index in [0.29, 0.717) is 25.1 Å². The van der Waals surface area contributed by atoms with Crippen LogP contribution >= 0.6 is 0 Å². The molecule has 1 aromatic rings. The maximum absolute atomic E-state index is 9.95. The Morgan fingerprint density at radius 2 is 1.90 bits per heavy atom. The van der Waals surface area contributed by atoms with Gasteiger partial charge >= 0.3 is 0 Å². The van der Waals surface area contributed by atoms with Crippen molar-refractivity contribution in [1.29, 1.82) is 0 Å². The third-order valence-corrected chi connectivity index (χ3v) is 3.29. The number of benzene rings is 1. The maximum atomic E-state index is 9.95. The molecular weight excluding hydrogens is 250 g/mol. The van der Waals surface area contributed by atoms with Crippen LogP contribution in [0.15, 0.2) is 18.2 Å². The highest BCUT2D eigenvalue weighted by atomic mass is 16.5. The molecule has 1 rings (SSSR count). The molecule has 0 aliphatic carbocycles. The Kier molecular flexibility index (Phi) is 7.03. The second kappa shape index (κ2) is 8.28. The summed E-state index contributed by atoms with van der Waals surface area (Å²) in [5.41, 5.74) is 2.33. The van der Waals surface area contributed by atoms with E-state index in [2.05, 4.69) is 39.1 Å². The van der Waals surface area contributed by atoms with E-state index in [0.717, 1.165) is 17.7 Å². The Labute approximate surface area is 123 Å². The van der Waals surface area contributed by atoms with Gasteiger partial charge in [0, 0.05) is 12.6 Å². The SMILES string of the molecule is Cc1ccc(OCC(O)CNC(C)CC(C)C)c(C)c1. The van der Waals surface area contributed by atoms with Crippen molar-refractivity contribution in [2.75, 3.05) is 13.2 Å². The predicted octanol–water partition coefficient (Wildman–Crippen LogP) is 3.07. The minimum atomic E-state index is -0.481. The molecule has 0 bridgehead atoms. The summed E-state index contributed by atoms with van der Waals surface area (Å²) in [6.45, 7) is 11.5. The van der Waals surface area contributed by atoms with E-state index >= 15 is 0 Å². The van der Waals surface area contributed by atoms with Crippen molar-refractivity contribution in [1.82, 2.24) is 5.32 Å². The number of aliphatic hydroxyl groups is 1. The zero-order valence-electron chi connectivity index (χ0n) is 13.4. The highest BCUT2D eigenvalue weighted by molar-refractivity contribution is 5.35. The van der Waals surface area contributed by atoms with Crippen molar-refractivity contribution >= 4 is 0 Å². The van der Waals surface area contributed by atoms with Gasteiger partial charge in [0.25, 0.3) is 0 Å². The van der Waals surface area contributed by atoms with Crippen molar-refractivity contribution in [2.45, 2.75) is 53.2 Å². The van der Waals surface area contributed by atoms with Gasteiger partial charge in [-0.2, -0.15) is 0 Å². The van der Waals surface area contributed by atoms with E-state index in [4.69, 9.17) is 4.74 Å². The van der Waals surface area contributed by atoms with Gasteiger partial charge < -0.3 is 15.2 Å². The van der Waals surface area contributed by atoms with Gasteiger partial charge in [-0.05, 0) is 44.7 Å². The second-order valence-electron chi connectivity index (χ2n) is 6.17. The van der Waals surface area contributed by atoms with Crippen LogP contribution in [-0.2, 0) is 0 Å². The molecule has 0 saturated carbocycles. The summed E-state index contributed by atoms with van der Waals surface area (Å²) in [6.07, 6.45) is 0.635. The van der Waals surface area contributed by atoms with Crippen LogP contribution in [0.3, 0.4) is 0 Å². The van der Waals surface area contributed by atoms with Crippen molar-refractivity contribution in [3.05, 3.63) is 29.3 Å². The maximum Gasteiger partial charge on any atom is 0.122 e. The lowest BCUT2D eigenvalue weighted by molar-refractivity contribution is 0.103. The molecule has 0 saturated heterocycles. The van der Waals surface area contributed by atoms with Crippen LogP contribution in [0.4, 0.5) is 0 Å². The molecule has 0 amide bonds. The summed E-state index contributed by atoms with van der Waals surface area (Å²) < 4.78 is 5.68. The molecular formula is C17H29NO2. The van der Waals surface area contributed by atoms with Crippen LogP contribution < -0.4 is 10.1 Å². The normalized spacial score (nSPS) is 14.3. The molecule has 2 unspecified atom stereocenters. The molecule has 0 aromatic heterocycles. The minimum absolute atomic E-state index is 0.325. The van der Waals surface area contributed by atoms with E-state index < -0.39 is 6.10 Å². The van der Waals surface area contributed by atoms with Crippen LogP contribution in [0.25, 0.3) is 0 Å². The van der Waals surface area contributed by atoms with Gasteiger partial charge in [0.05, 0.1) is 0 Å². The van der Waals surface area contributed by atoms with Crippen LogP contribution in [0.5, 0.6) is 5.75 Å². The van der Waals surface area contributed by atoms with Gasteiger partial charge in [0.15, 0.2) is 0 Å². The number of hydrogen-bond acceptors (Lipinski definition) is 3. The fourth-order valence-corrected chi connectivity index (χ4v) is 2.33. The first-order valence-electron chi connectivity index (χ1n) is 7.50. The third kappa shape index (κ3) is 6.40. The van der Waals surface area contributed by atoms with E-state index in [1.54, 1.807) is 0 Å². The van der Waals surface area contributed by atoms with Crippen molar-refractivity contribution < 1.29 is 9.84 Å². The fraction of sp³-hybridized carbons (Fsp3) is 0.647. The smallest absolute Gasteiger partial charge is 0.122 e. The number of rotatable bonds is 8. The Morgan fingerprint density at radius 3 is 2.50 bits per heavy atom. The van der Waals surface area contributed by atoms with Crippen LogP contribution in [-0.4, -0.2) is 30.4 Å². The first-order valence-corrected chi connectivity index (χ1v) is 7.50. The van der Waals surface area contributed by atoms with E-state index in [9.17, 15) is 5.11 Å². The minimum Gasteiger partial charge on any atom is -0.491 e. The molecule has 114 valence electrons. The van der Waals surface area contributed by atoms with Gasteiger partial charge in [0.1, 0.15) is 18.5 Å². The summed E-state index contributed by atoms with van der Waals surface area (Å²) >= 11 is 0. The first kappa shape index (κ1) is 17.0. The molecule has 2 atom stereocenters. The standard InChI is InChI=1S/C17H29NO2/c1-12(2)8-15(5)18-10-16(19)11-20-17-7-6-13(3)9-14(17)4/h6-7,9,12,15-16,18-19H,8,10-11H2,1-5H3. The molecule has 2 N–H and O–H groups in total. The van der Waals surface area contributed by atoms with E-state index in [-0.39, 0.29) is 0 Å². The third-order valence-electron chi connectivity index (χ3n) is 3.29. The van der Waals surface area contributed by atoms with Crippen molar-refractivity contribution in [3.8, 4) is 5.75 Å². The Balaban J connectivity index is 2.30. The quantitative estimate of drug-likeness (QED) is 0.768. The van der Waals surface area contributed by atoms with Crippen molar-refractivity contribution in [3.63, 3.8) is 0 Å². The van der Waals surface area contributed by atoms with E-state index in [1.807, 2.05) is 19.1 Å². The predicted molar refractivity (Wildman–Crippen MR) is 84.3 cm³/mol. The fourth-order valence-electron chi connectivity index (χ4n) is 2.33. The second-order valence-corrected chi connectivity index (χ2v) is 6.17. The number of nitrogens with one attached hydrogen (secondary N) is 1. The summed E-state index contributed by atoms with van der Waals surface area (Å²) in [4.78, 5) is 0. The molecule has 0 fully saturated rings. The van der Waals surface area contributed by atoms with E-state index in [1.165, 1.54) is 5.56 Å². The van der Waals surface area contributed by atoms with Gasteiger partial charge in [0.2, 0.25) is 0 Å². The Bertz CT molecular complexity index is 404. The lowest BCUT2D eigenvalue weighted by Gasteiger charge is -2.19. The summed E-state index contributed by atoms with van der Waals surface area (Å²) in [6, 6.07) is 6.50. The Hall–Kier alpha value is -1.06. The van der Waals surface area contributed by atoms with Crippen LogP contribution in [0.1, 0.15) is 38.3 Å². The van der Waals surface area contributed by atoms with Gasteiger partial charge in [-0.3, -0.25) is 0 Å². The van der Waals surface area contributed by atoms with Gasteiger partial charge in [-0.1, -0.05) is 31.5 Å². The number of aliphatic hydroxyl groups excluding tert-OH is 1. The molecule has 0 spiro atoms. The van der Waals surface area contributed by atoms with Crippen molar-refractivity contribution in [2.24, 2.45) is 5.92 Å². The lowest BCUT2D eigenvalue weighted by Crippen LogP contribution is -2.37. The summed E-state index contributed by atoms with van der Waals surface area (Å²) in [5.74, 6) is 1.52. The molecule has 20 heavy (non-hydrogen) atoms. The molecule has 0 aliphatic heterocycles. The Morgan fingerprint density at radius 1 is 1.20 bits per heavy atom. The number of hydrogen-bond donors (Lipinski definition) is 2. The summed E-state index contributed by atoms with van der Waals surface area (Å²) in [7, 11) is 0. The molecule has 1 aromatic carbocycles. The zero-order chi connectivity index (χ0) is 15.1. The number of ether oxygens (including phenoxy) is 1. The highest BCUT2D eigenvalue weighted by Gasteiger charge is 2.10. The molecule has 3 nitrogen and oxygen atoms in total. The zero-order valence-corrected chi connectivity index (χ0v) is 13.4. The van der Waals surface area contributed by atoms with Crippen LogP contribution in [0, 0.1) is 19.8 Å². The largest absolute Gasteiger partial charge is 0.491 e. The molecule has 0 heterocycles. The highest BCUT2D eigenvalue weighted by Crippen LogP contribution is 2.18. The van der Waals surface area contributed by atoms with Crippen LogP contribution in [0.2, 0.25) is 0 Å². The summed E-state index contributed by atoms with van der Waals surface area (Å²) in [5, 5.41) is 13.3. The average Bonchev–Trinajstić information content (AvgIpc) is 2.34. The molecule has 0 aliphatic rings. The molecule has 3 heteroatoms. The van der Waals surface area contributed by atoms with Gasteiger partial charge in [-0.25, -0.2) is 0 Å². The molecule has 0 radical (unpaired) electrons.